The number of carboxylic acid groups (broad SMARTS) is 1. The summed E-state index contributed by atoms with van der Waals surface area (Å²) < 4.78 is 4.76. The number of carbonyl (C=O) groups is 2. The third kappa shape index (κ3) is 5.46. The molecule has 0 saturated carbocycles. The van der Waals surface area contributed by atoms with Gasteiger partial charge >= 0.3 is 11.9 Å². The van der Waals surface area contributed by atoms with E-state index in [9.17, 15) is 9.59 Å². The fourth-order valence-electron chi connectivity index (χ4n) is 0.460. The molecule has 68 valence electrons. The van der Waals surface area contributed by atoms with Gasteiger partial charge in [-0.2, -0.15) is 0 Å². The minimum absolute atomic E-state index is 0.170. The monoisotopic (exact) mass is 172 g/mol. The number of hydrogen-bond acceptors (Lipinski definition) is 3. The average Bonchev–Trinajstić information content (AvgIpc) is 2.00. The zero-order chi connectivity index (χ0) is 9.56. The Bertz CT molecular complexity index is 195. The highest BCUT2D eigenvalue weighted by molar-refractivity contribution is 5.90. The molecule has 0 saturated heterocycles. The smallest absolute Gasteiger partial charge is 0.331 e. The Morgan fingerprint density at radius 3 is 2.50 bits per heavy atom. The molecule has 0 radical (unpaired) electrons. The fourth-order valence-corrected chi connectivity index (χ4v) is 0.460. The van der Waals surface area contributed by atoms with Gasteiger partial charge in [0.05, 0.1) is 6.10 Å². The van der Waals surface area contributed by atoms with Gasteiger partial charge in [0.15, 0.2) is 0 Å². The number of ether oxygens (including phenoxy) is 1. The number of carbonyl (C=O) groups excluding carboxylic acids is 1. The van der Waals surface area contributed by atoms with E-state index in [2.05, 4.69) is 0 Å². The van der Waals surface area contributed by atoms with Gasteiger partial charge in [0.25, 0.3) is 0 Å². The highest BCUT2D eigenvalue weighted by atomic mass is 16.5. The summed E-state index contributed by atoms with van der Waals surface area (Å²) in [4.78, 5) is 20.7. The standard InChI is InChI=1S/C8H12O4/c1-3-6(2)12-8(11)5-4-7(9)10/h4-6H,3H2,1-2H3,(H,9,10)/b5-4+/t6-/m1/s1. The van der Waals surface area contributed by atoms with Crippen LogP contribution in [0.5, 0.6) is 0 Å². The predicted octanol–water partition coefficient (Wildman–Crippen LogP) is 0.969. The molecule has 0 fully saturated rings. The number of rotatable bonds is 4. The lowest BCUT2D eigenvalue weighted by Crippen LogP contribution is -2.11. The summed E-state index contributed by atoms with van der Waals surface area (Å²) >= 11 is 0. The molecule has 4 heteroatoms. The summed E-state index contributed by atoms with van der Waals surface area (Å²) in [5, 5.41) is 8.16. The highest BCUT2D eigenvalue weighted by Gasteiger charge is 2.03. The minimum atomic E-state index is -1.16. The number of esters is 1. The molecule has 0 spiro atoms. The summed E-state index contributed by atoms with van der Waals surface area (Å²) in [6, 6.07) is 0. The van der Waals surface area contributed by atoms with Gasteiger partial charge in [-0.05, 0) is 13.3 Å². The Labute approximate surface area is 70.8 Å². The van der Waals surface area contributed by atoms with E-state index in [0.717, 1.165) is 12.2 Å². The maximum absolute atomic E-state index is 10.7. The van der Waals surface area contributed by atoms with Crippen LogP contribution in [0.15, 0.2) is 12.2 Å². The van der Waals surface area contributed by atoms with Crippen molar-refractivity contribution in [3.63, 3.8) is 0 Å². The first kappa shape index (κ1) is 10.7. The second-order valence-corrected chi connectivity index (χ2v) is 2.33. The van der Waals surface area contributed by atoms with E-state index in [0.29, 0.717) is 6.42 Å². The van der Waals surface area contributed by atoms with Crippen LogP contribution in [0.3, 0.4) is 0 Å². The molecule has 0 bridgehead atoms. The van der Waals surface area contributed by atoms with Gasteiger partial charge in [-0.15, -0.1) is 0 Å². The van der Waals surface area contributed by atoms with E-state index in [1.165, 1.54) is 0 Å². The molecule has 0 aromatic rings. The molecule has 0 amide bonds. The molecule has 4 nitrogen and oxygen atoms in total. The third-order valence-electron chi connectivity index (χ3n) is 1.25. The van der Waals surface area contributed by atoms with Crippen molar-refractivity contribution in [2.45, 2.75) is 26.4 Å². The zero-order valence-electron chi connectivity index (χ0n) is 7.11. The maximum atomic E-state index is 10.7. The van der Waals surface area contributed by atoms with Gasteiger partial charge in [-0.3, -0.25) is 0 Å². The largest absolute Gasteiger partial charge is 0.478 e. The van der Waals surface area contributed by atoms with E-state index in [-0.39, 0.29) is 6.10 Å². The summed E-state index contributed by atoms with van der Waals surface area (Å²) in [5.74, 6) is -1.78. The lowest BCUT2D eigenvalue weighted by Gasteiger charge is -2.07. The lowest BCUT2D eigenvalue weighted by atomic mass is 10.3. The van der Waals surface area contributed by atoms with Crippen LogP contribution in [-0.2, 0) is 14.3 Å². The quantitative estimate of drug-likeness (QED) is 0.507. The van der Waals surface area contributed by atoms with Gasteiger partial charge in [-0.1, -0.05) is 6.92 Å². The van der Waals surface area contributed by atoms with Gasteiger partial charge in [0.2, 0.25) is 0 Å². The van der Waals surface area contributed by atoms with E-state index in [1.54, 1.807) is 6.92 Å². The van der Waals surface area contributed by atoms with Crippen molar-refractivity contribution in [1.29, 1.82) is 0 Å². The van der Waals surface area contributed by atoms with Crippen LogP contribution in [0.4, 0.5) is 0 Å². The maximum Gasteiger partial charge on any atom is 0.331 e. The average molecular weight is 172 g/mol. The molecule has 1 N–H and O–H groups in total. The summed E-state index contributed by atoms with van der Waals surface area (Å²) in [5.41, 5.74) is 0. The molecule has 0 aliphatic heterocycles. The summed E-state index contributed by atoms with van der Waals surface area (Å²) in [7, 11) is 0. The van der Waals surface area contributed by atoms with Crippen LogP contribution in [0.1, 0.15) is 20.3 Å². The molecule has 0 heterocycles. The van der Waals surface area contributed by atoms with Crippen molar-refractivity contribution >= 4 is 11.9 Å². The predicted molar refractivity (Wildman–Crippen MR) is 42.6 cm³/mol. The molecule has 1 atom stereocenters. The first-order valence-corrected chi connectivity index (χ1v) is 3.68. The molecule has 0 aromatic heterocycles. The van der Waals surface area contributed by atoms with Gasteiger partial charge < -0.3 is 9.84 Å². The van der Waals surface area contributed by atoms with Crippen molar-refractivity contribution in [2.24, 2.45) is 0 Å². The summed E-state index contributed by atoms with van der Waals surface area (Å²) in [6.07, 6.45) is 2.20. The molecular formula is C8H12O4. The van der Waals surface area contributed by atoms with Crippen LogP contribution in [0.2, 0.25) is 0 Å². The zero-order valence-corrected chi connectivity index (χ0v) is 7.11. The number of carboxylic acids is 1. The van der Waals surface area contributed by atoms with Crippen molar-refractivity contribution in [3.8, 4) is 0 Å². The molecular weight excluding hydrogens is 160 g/mol. The Balaban J connectivity index is 3.81. The van der Waals surface area contributed by atoms with Crippen LogP contribution in [-0.4, -0.2) is 23.1 Å². The Morgan fingerprint density at radius 1 is 1.50 bits per heavy atom. The molecule has 0 aromatic carbocycles. The SMILES string of the molecule is CC[C@@H](C)OC(=O)/C=C/C(=O)O. The Morgan fingerprint density at radius 2 is 2.08 bits per heavy atom. The highest BCUT2D eigenvalue weighted by Crippen LogP contribution is 1.96. The van der Waals surface area contributed by atoms with Crippen LogP contribution >= 0.6 is 0 Å². The van der Waals surface area contributed by atoms with Crippen molar-refractivity contribution in [3.05, 3.63) is 12.2 Å². The molecule has 12 heavy (non-hydrogen) atoms. The van der Waals surface area contributed by atoms with Crippen LogP contribution < -0.4 is 0 Å². The van der Waals surface area contributed by atoms with Gasteiger partial charge in [0, 0.05) is 12.2 Å². The van der Waals surface area contributed by atoms with E-state index >= 15 is 0 Å². The number of aliphatic carboxylic acids is 1. The second-order valence-electron chi connectivity index (χ2n) is 2.33. The van der Waals surface area contributed by atoms with Crippen LogP contribution in [0.25, 0.3) is 0 Å². The minimum Gasteiger partial charge on any atom is -0.478 e. The van der Waals surface area contributed by atoms with E-state index in [1.807, 2.05) is 6.92 Å². The van der Waals surface area contributed by atoms with Crippen LogP contribution in [0, 0.1) is 0 Å². The van der Waals surface area contributed by atoms with Gasteiger partial charge in [-0.25, -0.2) is 9.59 Å². The second kappa shape index (κ2) is 5.35. The Kier molecular flexibility index (Phi) is 4.76. The van der Waals surface area contributed by atoms with Crippen molar-refractivity contribution < 1.29 is 19.4 Å². The lowest BCUT2D eigenvalue weighted by molar-refractivity contribution is -0.142. The number of hydrogen-bond donors (Lipinski definition) is 1. The molecule has 0 unspecified atom stereocenters. The first-order chi connectivity index (χ1) is 5.56. The fraction of sp³-hybridized carbons (Fsp3) is 0.500. The topological polar surface area (TPSA) is 63.6 Å². The van der Waals surface area contributed by atoms with E-state index in [4.69, 9.17) is 9.84 Å². The van der Waals surface area contributed by atoms with Crippen molar-refractivity contribution in [2.75, 3.05) is 0 Å². The molecule has 0 rings (SSSR count). The first-order valence-electron chi connectivity index (χ1n) is 3.68. The summed E-state index contributed by atoms with van der Waals surface area (Å²) in [6.45, 7) is 3.62. The van der Waals surface area contributed by atoms with E-state index < -0.39 is 11.9 Å². The van der Waals surface area contributed by atoms with Crippen molar-refractivity contribution in [1.82, 2.24) is 0 Å². The molecule has 0 aliphatic rings. The Hall–Kier alpha value is -1.32. The normalized spacial score (nSPS) is 12.8. The van der Waals surface area contributed by atoms with Gasteiger partial charge in [0.1, 0.15) is 0 Å². The molecule has 0 aliphatic carbocycles. The third-order valence-corrected chi connectivity index (χ3v) is 1.25.